The molecule has 4 aromatic carbocycles. The normalized spacial score (nSPS) is 11.8. The Morgan fingerprint density at radius 1 is 0.846 bits per heavy atom. The highest BCUT2D eigenvalue weighted by atomic mass is 35.5. The van der Waals surface area contributed by atoms with Gasteiger partial charge in [0.2, 0.25) is 5.91 Å². The van der Waals surface area contributed by atoms with Crippen molar-refractivity contribution in [2.75, 3.05) is 5.75 Å². The summed E-state index contributed by atoms with van der Waals surface area (Å²) in [5, 5.41) is 13.3. The van der Waals surface area contributed by atoms with Gasteiger partial charge >= 0.3 is 0 Å². The number of amides is 1. The van der Waals surface area contributed by atoms with Crippen LogP contribution in [0.4, 0.5) is 0 Å². The smallest absolute Gasteiger partial charge is 0.231 e. The van der Waals surface area contributed by atoms with E-state index < -0.39 is 6.10 Å². The minimum atomic E-state index is -0.400. The molecule has 39 heavy (non-hydrogen) atoms. The number of carbonyl (C=O) groups is 1. The molecule has 1 unspecified atom stereocenters. The van der Waals surface area contributed by atoms with Crippen LogP contribution in [0.5, 0.6) is 5.75 Å². The van der Waals surface area contributed by atoms with Gasteiger partial charge in [0.15, 0.2) is 17.1 Å². The van der Waals surface area contributed by atoms with Crippen LogP contribution in [0.15, 0.2) is 120 Å². The topological polar surface area (TPSA) is 69.0 Å². The highest BCUT2D eigenvalue weighted by molar-refractivity contribution is 7.99. The quantitative estimate of drug-likeness (QED) is 0.187. The Labute approximate surface area is 237 Å². The van der Waals surface area contributed by atoms with Crippen LogP contribution >= 0.6 is 23.4 Å². The molecule has 5 rings (SSSR count). The van der Waals surface area contributed by atoms with E-state index in [1.165, 1.54) is 11.8 Å². The first-order valence-corrected chi connectivity index (χ1v) is 13.9. The molecular formula is C31H27ClN4O2S. The summed E-state index contributed by atoms with van der Waals surface area (Å²) in [4.78, 5) is 13.2. The average molecular weight is 555 g/mol. The van der Waals surface area contributed by atoms with E-state index in [-0.39, 0.29) is 17.7 Å². The molecule has 0 spiro atoms. The maximum atomic E-state index is 13.2. The Kier molecular flexibility index (Phi) is 8.61. The number of aromatic nitrogens is 3. The molecule has 0 aliphatic rings. The monoisotopic (exact) mass is 554 g/mol. The van der Waals surface area contributed by atoms with Gasteiger partial charge in [-0.1, -0.05) is 102 Å². The third-order valence-electron chi connectivity index (χ3n) is 6.07. The van der Waals surface area contributed by atoms with Crippen LogP contribution in [0.1, 0.15) is 36.0 Å². The molecule has 5 aromatic rings. The van der Waals surface area contributed by atoms with E-state index >= 15 is 0 Å². The maximum Gasteiger partial charge on any atom is 0.231 e. The second kappa shape index (κ2) is 12.7. The van der Waals surface area contributed by atoms with Crippen molar-refractivity contribution in [1.29, 1.82) is 0 Å². The first-order chi connectivity index (χ1) is 19.1. The van der Waals surface area contributed by atoms with Crippen LogP contribution in [0.3, 0.4) is 0 Å². The van der Waals surface area contributed by atoms with Crippen molar-refractivity contribution in [3.05, 3.63) is 137 Å². The molecule has 1 amide bonds. The van der Waals surface area contributed by atoms with E-state index in [1.807, 2.05) is 115 Å². The van der Waals surface area contributed by atoms with Crippen molar-refractivity contribution >= 4 is 29.3 Å². The molecule has 0 aliphatic carbocycles. The Bertz CT molecular complexity index is 1460. The number of benzene rings is 4. The van der Waals surface area contributed by atoms with Gasteiger partial charge in [0.1, 0.15) is 5.75 Å². The first-order valence-electron chi connectivity index (χ1n) is 12.5. The zero-order chi connectivity index (χ0) is 27.0. The molecule has 0 bridgehead atoms. The van der Waals surface area contributed by atoms with Gasteiger partial charge in [0, 0.05) is 10.7 Å². The summed E-state index contributed by atoms with van der Waals surface area (Å²) in [7, 11) is 0. The molecule has 0 fully saturated rings. The molecule has 0 saturated heterocycles. The maximum absolute atomic E-state index is 13.2. The number of para-hydroxylation sites is 1. The predicted octanol–water partition coefficient (Wildman–Crippen LogP) is 7.06. The second-order valence-electron chi connectivity index (χ2n) is 8.84. The molecule has 0 radical (unpaired) electrons. The van der Waals surface area contributed by atoms with Gasteiger partial charge in [0.25, 0.3) is 0 Å². The van der Waals surface area contributed by atoms with Crippen molar-refractivity contribution in [1.82, 2.24) is 20.1 Å². The van der Waals surface area contributed by atoms with E-state index in [9.17, 15) is 4.79 Å². The fourth-order valence-corrected chi connectivity index (χ4v) is 5.11. The molecule has 1 aromatic heterocycles. The van der Waals surface area contributed by atoms with E-state index in [0.717, 1.165) is 16.8 Å². The number of rotatable bonds is 10. The fourth-order valence-electron chi connectivity index (χ4n) is 4.21. The van der Waals surface area contributed by atoms with Crippen molar-refractivity contribution < 1.29 is 9.53 Å². The van der Waals surface area contributed by atoms with Gasteiger partial charge in [-0.3, -0.25) is 9.36 Å². The zero-order valence-corrected chi connectivity index (χ0v) is 22.8. The van der Waals surface area contributed by atoms with Crippen LogP contribution in [-0.2, 0) is 4.79 Å². The summed E-state index contributed by atoms with van der Waals surface area (Å²) in [5.41, 5.74) is 2.92. The average Bonchev–Trinajstić information content (AvgIpc) is 3.41. The lowest BCUT2D eigenvalue weighted by Crippen LogP contribution is -2.30. The van der Waals surface area contributed by atoms with Crippen molar-refractivity contribution in [2.45, 2.75) is 24.2 Å². The molecule has 8 heteroatoms. The number of hydrogen-bond donors (Lipinski definition) is 1. The Morgan fingerprint density at radius 2 is 1.41 bits per heavy atom. The lowest BCUT2D eigenvalue weighted by Gasteiger charge is -2.20. The Hall–Kier alpha value is -4.07. The van der Waals surface area contributed by atoms with E-state index in [2.05, 4.69) is 15.5 Å². The molecule has 196 valence electrons. The number of nitrogens with one attached hydrogen (secondary N) is 1. The minimum absolute atomic E-state index is 0.104. The minimum Gasteiger partial charge on any atom is -0.483 e. The molecule has 0 aliphatic heterocycles. The lowest BCUT2D eigenvalue weighted by molar-refractivity contribution is -0.119. The lowest BCUT2D eigenvalue weighted by atomic mass is 9.99. The Morgan fingerprint density at radius 3 is 2.00 bits per heavy atom. The van der Waals surface area contributed by atoms with E-state index in [0.29, 0.717) is 21.8 Å². The number of thioether (sulfide) groups is 1. The standard InChI is InChI=1S/C31H27ClN4O2S/c1-22(38-27-19-17-25(32)18-20-27)30-34-35-31(36(30)26-15-9-4-10-16-26)39-21-28(37)33-29(23-11-5-2-6-12-23)24-13-7-3-8-14-24/h2-20,22,29H,21H2,1H3,(H,33,37). The number of halogens is 1. The molecule has 6 nitrogen and oxygen atoms in total. The SMILES string of the molecule is CC(Oc1ccc(Cl)cc1)c1nnc(SCC(=O)NC(c2ccccc2)c2ccccc2)n1-c1ccccc1. The first kappa shape index (κ1) is 26.5. The molecule has 0 saturated carbocycles. The summed E-state index contributed by atoms with van der Waals surface area (Å²) in [6.45, 7) is 1.92. The Balaban J connectivity index is 1.35. The van der Waals surface area contributed by atoms with Crippen molar-refractivity contribution in [3.8, 4) is 11.4 Å². The van der Waals surface area contributed by atoms with Crippen LogP contribution in [0, 0.1) is 0 Å². The second-order valence-corrected chi connectivity index (χ2v) is 10.2. The third kappa shape index (κ3) is 6.69. The number of hydrogen-bond acceptors (Lipinski definition) is 5. The number of nitrogens with zero attached hydrogens (tertiary/aromatic N) is 3. The highest BCUT2D eigenvalue weighted by Crippen LogP contribution is 2.29. The predicted molar refractivity (Wildman–Crippen MR) is 155 cm³/mol. The van der Waals surface area contributed by atoms with Gasteiger partial charge in [-0.05, 0) is 54.4 Å². The number of carbonyl (C=O) groups excluding carboxylic acids is 1. The summed E-state index contributed by atoms with van der Waals surface area (Å²) >= 11 is 7.35. The largest absolute Gasteiger partial charge is 0.483 e. The van der Waals surface area contributed by atoms with Gasteiger partial charge in [-0.25, -0.2) is 0 Å². The van der Waals surface area contributed by atoms with Crippen LogP contribution in [0.2, 0.25) is 5.02 Å². The van der Waals surface area contributed by atoms with E-state index in [4.69, 9.17) is 16.3 Å². The summed E-state index contributed by atoms with van der Waals surface area (Å²) in [6, 6.07) is 36.7. The van der Waals surface area contributed by atoms with Crippen molar-refractivity contribution in [2.24, 2.45) is 0 Å². The van der Waals surface area contributed by atoms with Crippen LogP contribution < -0.4 is 10.1 Å². The molecular weight excluding hydrogens is 528 g/mol. The van der Waals surface area contributed by atoms with Crippen LogP contribution in [0.25, 0.3) is 5.69 Å². The zero-order valence-electron chi connectivity index (χ0n) is 21.3. The summed E-state index contributed by atoms with van der Waals surface area (Å²) in [6.07, 6.45) is -0.400. The fraction of sp³-hybridized carbons (Fsp3) is 0.129. The number of ether oxygens (including phenoxy) is 1. The summed E-state index contributed by atoms with van der Waals surface area (Å²) < 4.78 is 8.07. The van der Waals surface area contributed by atoms with Crippen molar-refractivity contribution in [3.63, 3.8) is 0 Å². The highest BCUT2D eigenvalue weighted by Gasteiger charge is 2.23. The van der Waals surface area contributed by atoms with Gasteiger partial charge < -0.3 is 10.1 Å². The van der Waals surface area contributed by atoms with E-state index in [1.54, 1.807) is 12.1 Å². The van der Waals surface area contributed by atoms with Gasteiger partial charge in [0.05, 0.1) is 11.8 Å². The molecule has 1 heterocycles. The third-order valence-corrected chi connectivity index (χ3v) is 7.25. The summed E-state index contributed by atoms with van der Waals surface area (Å²) in [5.74, 6) is 1.38. The molecule has 1 N–H and O–H groups in total. The van der Waals surface area contributed by atoms with Gasteiger partial charge in [-0.15, -0.1) is 10.2 Å². The van der Waals surface area contributed by atoms with Gasteiger partial charge in [-0.2, -0.15) is 0 Å². The van der Waals surface area contributed by atoms with Crippen LogP contribution in [-0.4, -0.2) is 26.4 Å². The molecule has 1 atom stereocenters.